The van der Waals surface area contributed by atoms with Crippen molar-refractivity contribution in [1.29, 1.82) is 0 Å². The van der Waals surface area contributed by atoms with Crippen molar-refractivity contribution in [2.75, 3.05) is 11.1 Å². The number of hydrogen-bond acceptors (Lipinski definition) is 3. The molecule has 3 nitrogen and oxygen atoms in total. The van der Waals surface area contributed by atoms with E-state index in [0.29, 0.717) is 21.6 Å². The lowest BCUT2D eigenvalue weighted by molar-refractivity contribution is 1.32. The maximum absolute atomic E-state index is 6.01. The van der Waals surface area contributed by atoms with Gasteiger partial charge in [0.1, 0.15) is 5.82 Å². The molecule has 3 N–H and O–H groups in total. The van der Waals surface area contributed by atoms with Gasteiger partial charge in [-0.25, -0.2) is 4.98 Å². The lowest BCUT2D eigenvalue weighted by atomic mass is 10.1. The molecule has 0 saturated carbocycles. The molecular formula is C15H10BrCl2N3. The van der Waals surface area contributed by atoms with Gasteiger partial charge in [-0.3, -0.25) is 0 Å². The average molecular weight is 383 g/mol. The van der Waals surface area contributed by atoms with Crippen LogP contribution in [0.3, 0.4) is 0 Å². The largest absolute Gasteiger partial charge is 0.399 e. The second kappa shape index (κ2) is 5.72. The fourth-order valence-corrected chi connectivity index (χ4v) is 3.06. The molecule has 0 aliphatic carbocycles. The number of halogens is 3. The normalized spacial score (nSPS) is 10.8. The third-order valence-corrected chi connectivity index (χ3v) is 4.06. The Kier molecular flexibility index (Phi) is 3.93. The van der Waals surface area contributed by atoms with Crippen molar-refractivity contribution in [2.45, 2.75) is 0 Å². The van der Waals surface area contributed by atoms with E-state index in [1.165, 1.54) is 0 Å². The molecular weight excluding hydrogens is 373 g/mol. The molecule has 3 rings (SSSR count). The van der Waals surface area contributed by atoms with Crippen molar-refractivity contribution in [3.05, 3.63) is 57.1 Å². The molecule has 3 aromatic rings. The van der Waals surface area contributed by atoms with E-state index >= 15 is 0 Å². The zero-order valence-corrected chi connectivity index (χ0v) is 13.8. The van der Waals surface area contributed by atoms with E-state index in [-0.39, 0.29) is 0 Å². The Balaban J connectivity index is 2.12. The summed E-state index contributed by atoms with van der Waals surface area (Å²) in [7, 11) is 0. The first kappa shape index (κ1) is 14.4. The van der Waals surface area contributed by atoms with Crippen molar-refractivity contribution in [3.63, 3.8) is 0 Å². The van der Waals surface area contributed by atoms with Crippen LogP contribution in [0, 0.1) is 0 Å². The highest BCUT2D eigenvalue weighted by Crippen LogP contribution is 2.32. The summed E-state index contributed by atoms with van der Waals surface area (Å²) < 4.78 is 0.909. The van der Waals surface area contributed by atoms with E-state index in [0.717, 1.165) is 20.9 Å². The summed E-state index contributed by atoms with van der Waals surface area (Å²) in [6.45, 7) is 0. The fraction of sp³-hybridized carbons (Fsp3) is 0. The van der Waals surface area contributed by atoms with E-state index in [1.54, 1.807) is 24.4 Å². The highest BCUT2D eigenvalue weighted by Gasteiger charge is 2.08. The third kappa shape index (κ3) is 3.07. The van der Waals surface area contributed by atoms with Crippen molar-refractivity contribution in [1.82, 2.24) is 4.98 Å². The third-order valence-electron chi connectivity index (χ3n) is 2.99. The highest BCUT2D eigenvalue weighted by molar-refractivity contribution is 9.10. The van der Waals surface area contributed by atoms with E-state index < -0.39 is 0 Å². The number of hydrogen-bond donors (Lipinski definition) is 2. The van der Waals surface area contributed by atoms with E-state index in [9.17, 15) is 0 Å². The summed E-state index contributed by atoms with van der Waals surface area (Å²) in [5.74, 6) is 0.693. The Labute approximate surface area is 140 Å². The Morgan fingerprint density at radius 1 is 1.00 bits per heavy atom. The number of rotatable bonds is 2. The molecule has 106 valence electrons. The van der Waals surface area contributed by atoms with Crippen molar-refractivity contribution in [3.8, 4) is 0 Å². The topological polar surface area (TPSA) is 50.9 Å². The molecule has 0 saturated heterocycles. The summed E-state index contributed by atoms with van der Waals surface area (Å²) in [5.41, 5.74) is 7.32. The molecule has 0 spiro atoms. The van der Waals surface area contributed by atoms with Gasteiger partial charge in [-0.1, -0.05) is 29.3 Å². The first-order chi connectivity index (χ1) is 10.0. The van der Waals surface area contributed by atoms with Crippen LogP contribution in [-0.4, -0.2) is 4.98 Å². The Morgan fingerprint density at radius 3 is 2.43 bits per heavy atom. The van der Waals surface area contributed by atoms with E-state index in [4.69, 9.17) is 28.9 Å². The van der Waals surface area contributed by atoms with Crippen LogP contribution in [-0.2, 0) is 0 Å². The first-order valence-corrected chi connectivity index (χ1v) is 7.65. The number of nitrogens with two attached hydrogens (primary N) is 1. The minimum Gasteiger partial charge on any atom is -0.399 e. The molecule has 0 radical (unpaired) electrons. The molecule has 0 aliphatic rings. The zero-order valence-electron chi connectivity index (χ0n) is 10.7. The molecule has 0 fully saturated rings. The van der Waals surface area contributed by atoms with Gasteiger partial charge >= 0.3 is 0 Å². The predicted octanol–water partition coefficient (Wildman–Crippen LogP) is 5.63. The first-order valence-electron chi connectivity index (χ1n) is 6.10. The van der Waals surface area contributed by atoms with Crippen LogP contribution in [0.15, 0.2) is 47.1 Å². The molecule has 6 heteroatoms. The van der Waals surface area contributed by atoms with Crippen LogP contribution >= 0.6 is 39.1 Å². The van der Waals surface area contributed by atoms with Gasteiger partial charge in [0.15, 0.2) is 0 Å². The molecule has 1 aromatic heterocycles. The maximum Gasteiger partial charge on any atom is 0.138 e. The minimum absolute atomic E-state index is 0.561. The fourth-order valence-electron chi connectivity index (χ4n) is 2.09. The summed E-state index contributed by atoms with van der Waals surface area (Å²) >= 11 is 15.5. The molecule has 0 amide bonds. The smallest absolute Gasteiger partial charge is 0.138 e. The standard InChI is InChI=1S/C15H10BrCl2N3/c16-14-7-20-15(13-6-10(19)1-2-12(13)14)21-11-4-8(17)3-9(18)5-11/h1-7H,19H2,(H,20,21). The zero-order chi connectivity index (χ0) is 15.0. The van der Waals surface area contributed by atoms with Crippen LogP contribution < -0.4 is 11.1 Å². The molecule has 0 bridgehead atoms. The average Bonchev–Trinajstić information content (AvgIpc) is 2.41. The number of pyridine rings is 1. The second-order valence-corrected chi connectivity index (χ2v) is 6.27. The molecule has 1 heterocycles. The van der Waals surface area contributed by atoms with Crippen LogP contribution in [0.25, 0.3) is 10.8 Å². The molecule has 0 unspecified atom stereocenters. The number of nitrogen functional groups attached to an aromatic ring is 1. The molecule has 21 heavy (non-hydrogen) atoms. The maximum atomic E-state index is 6.01. The highest BCUT2D eigenvalue weighted by atomic mass is 79.9. The SMILES string of the molecule is Nc1ccc2c(Br)cnc(Nc3cc(Cl)cc(Cl)c3)c2c1. The molecule has 0 aliphatic heterocycles. The van der Waals surface area contributed by atoms with Crippen LogP contribution in [0.1, 0.15) is 0 Å². The van der Waals surface area contributed by atoms with Crippen LogP contribution in [0.4, 0.5) is 17.2 Å². The van der Waals surface area contributed by atoms with Crippen molar-refractivity contribution in [2.24, 2.45) is 0 Å². The second-order valence-electron chi connectivity index (χ2n) is 4.54. The monoisotopic (exact) mass is 381 g/mol. The lowest BCUT2D eigenvalue weighted by Crippen LogP contribution is -1.96. The number of anilines is 3. The van der Waals surface area contributed by atoms with Gasteiger partial charge < -0.3 is 11.1 Å². The van der Waals surface area contributed by atoms with Gasteiger partial charge in [0.2, 0.25) is 0 Å². The van der Waals surface area contributed by atoms with Gasteiger partial charge in [0, 0.05) is 42.9 Å². The number of aromatic nitrogens is 1. The Morgan fingerprint density at radius 2 is 1.71 bits per heavy atom. The van der Waals surface area contributed by atoms with Gasteiger partial charge in [0.05, 0.1) is 0 Å². The molecule has 2 aromatic carbocycles. The van der Waals surface area contributed by atoms with Crippen molar-refractivity contribution >= 4 is 67.1 Å². The van der Waals surface area contributed by atoms with E-state index in [2.05, 4.69) is 26.2 Å². The number of nitrogens with one attached hydrogen (secondary N) is 1. The summed E-state index contributed by atoms with van der Waals surface area (Å²) in [6, 6.07) is 10.9. The number of nitrogens with zero attached hydrogens (tertiary/aromatic N) is 1. The Bertz CT molecular complexity index is 816. The minimum atomic E-state index is 0.561. The quantitative estimate of drug-likeness (QED) is 0.564. The van der Waals surface area contributed by atoms with Crippen LogP contribution in [0.5, 0.6) is 0 Å². The van der Waals surface area contributed by atoms with Gasteiger partial charge in [0.25, 0.3) is 0 Å². The van der Waals surface area contributed by atoms with Gasteiger partial charge in [-0.15, -0.1) is 0 Å². The number of fused-ring (bicyclic) bond motifs is 1. The molecule has 0 atom stereocenters. The summed E-state index contributed by atoms with van der Waals surface area (Å²) in [6.07, 6.45) is 1.74. The Hall–Kier alpha value is -1.49. The van der Waals surface area contributed by atoms with Crippen LogP contribution in [0.2, 0.25) is 10.0 Å². The summed E-state index contributed by atoms with van der Waals surface area (Å²) in [4.78, 5) is 4.40. The lowest BCUT2D eigenvalue weighted by Gasteiger charge is -2.11. The van der Waals surface area contributed by atoms with E-state index in [1.807, 2.05) is 18.2 Å². The van der Waals surface area contributed by atoms with Gasteiger partial charge in [-0.2, -0.15) is 0 Å². The summed E-state index contributed by atoms with van der Waals surface area (Å²) in [5, 5.41) is 6.29. The number of benzene rings is 2. The van der Waals surface area contributed by atoms with Crippen molar-refractivity contribution < 1.29 is 0 Å². The van der Waals surface area contributed by atoms with Gasteiger partial charge in [-0.05, 0) is 46.3 Å². The predicted molar refractivity (Wildman–Crippen MR) is 93.6 cm³/mol.